The molecular formula is C16H15ClN4O4S2. The molecule has 1 N–H and O–H groups in total. The highest BCUT2D eigenvalue weighted by Gasteiger charge is 2.19. The fraction of sp³-hybridized carbons (Fsp3) is 0.188. The summed E-state index contributed by atoms with van der Waals surface area (Å²) in [5.41, 5.74) is 0.510. The van der Waals surface area contributed by atoms with E-state index in [1.54, 1.807) is 7.05 Å². The van der Waals surface area contributed by atoms with Crippen LogP contribution < -0.4 is 4.72 Å². The van der Waals surface area contributed by atoms with Gasteiger partial charge in [0.1, 0.15) is 0 Å². The van der Waals surface area contributed by atoms with Crippen LogP contribution in [0.15, 0.2) is 40.2 Å². The molecule has 142 valence electrons. The molecule has 0 fully saturated rings. The molecule has 0 saturated carbocycles. The molecular weight excluding hydrogens is 412 g/mol. The summed E-state index contributed by atoms with van der Waals surface area (Å²) >= 11 is 7.63. The molecule has 0 unspecified atom stereocenters. The Kier molecular flexibility index (Phi) is 5.49. The van der Waals surface area contributed by atoms with Crippen molar-refractivity contribution >= 4 is 44.6 Å². The molecule has 8 nitrogen and oxygen atoms in total. The van der Waals surface area contributed by atoms with E-state index in [0.29, 0.717) is 11.7 Å². The molecule has 0 aliphatic rings. The lowest BCUT2D eigenvalue weighted by atomic mass is 10.2. The summed E-state index contributed by atoms with van der Waals surface area (Å²) < 4.78 is 30.1. The molecule has 0 spiro atoms. The van der Waals surface area contributed by atoms with Gasteiger partial charge in [-0.05, 0) is 29.6 Å². The SMILES string of the molecule is CN(Cc1nc(-c2cccs2)no1)C(=O)c1ccc(NS(C)(=O)=O)cc1Cl. The lowest BCUT2D eigenvalue weighted by Gasteiger charge is -2.16. The van der Waals surface area contributed by atoms with Gasteiger partial charge in [0, 0.05) is 12.7 Å². The fourth-order valence-corrected chi connectivity index (χ4v) is 3.74. The van der Waals surface area contributed by atoms with Crippen LogP contribution in [0.4, 0.5) is 5.69 Å². The standard InChI is InChI=1S/C16H15ClN4O4S2/c1-21(9-14-18-15(19-25-14)13-4-3-7-26-13)16(22)11-6-5-10(8-12(11)17)20-27(2,23)24/h3-8,20H,9H2,1-2H3. The van der Waals surface area contributed by atoms with Crippen molar-refractivity contribution in [3.8, 4) is 10.7 Å². The van der Waals surface area contributed by atoms with E-state index in [-0.39, 0.29) is 28.7 Å². The maximum Gasteiger partial charge on any atom is 0.255 e. The Morgan fingerprint density at radius 2 is 2.15 bits per heavy atom. The van der Waals surface area contributed by atoms with Crippen LogP contribution in [0.5, 0.6) is 0 Å². The largest absolute Gasteiger partial charge is 0.337 e. The predicted molar refractivity (Wildman–Crippen MR) is 103 cm³/mol. The van der Waals surface area contributed by atoms with Gasteiger partial charge < -0.3 is 9.42 Å². The highest BCUT2D eigenvalue weighted by Crippen LogP contribution is 2.24. The molecule has 0 radical (unpaired) electrons. The van der Waals surface area contributed by atoms with Crippen molar-refractivity contribution < 1.29 is 17.7 Å². The number of carbonyl (C=O) groups excluding carboxylic acids is 1. The lowest BCUT2D eigenvalue weighted by molar-refractivity contribution is 0.0770. The molecule has 0 bridgehead atoms. The van der Waals surface area contributed by atoms with Crippen LogP contribution in [-0.4, -0.2) is 42.7 Å². The van der Waals surface area contributed by atoms with Gasteiger partial charge in [-0.3, -0.25) is 9.52 Å². The van der Waals surface area contributed by atoms with Crippen molar-refractivity contribution in [2.24, 2.45) is 0 Å². The first-order valence-electron chi connectivity index (χ1n) is 7.62. The van der Waals surface area contributed by atoms with Gasteiger partial charge in [0.15, 0.2) is 0 Å². The molecule has 2 aromatic heterocycles. The minimum atomic E-state index is -3.43. The quantitative estimate of drug-likeness (QED) is 0.649. The Labute approximate surface area is 164 Å². The van der Waals surface area contributed by atoms with E-state index in [4.69, 9.17) is 16.1 Å². The number of benzene rings is 1. The van der Waals surface area contributed by atoms with Crippen LogP contribution in [-0.2, 0) is 16.6 Å². The van der Waals surface area contributed by atoms with E-state index in [1.807, 2.05) is 17.5 Å². The third-order valence-electron chi connectivity index (χ3n) is 3.43. The van der Waals surface area contributed by atoms with Gasteiger partial charge in [-0.15, -0.1) is 11.3 Å². The zero-order valence-electron chi connectivity index (χ0n) is 14.3. The first-order valence-corrected chi connectivity index (χ1v) is 10.8. The number of hydrogen-bond acceptors (Lipinski definition) is 7. The molecule has 1 aromatic carbocycles. The molecule has 3 aromatic rings. The normalized spacial score (nSPS) is 11.4. The number of thiophene rings is 1. The minimum Gasteiger partial charge on any atom is -0.337 e. The maximum absolute atomic E-state index is 12.6. The lowest BCUT2D eigenvalue weighted by Crippen LogP contribution is -2.26. The number of aromatic nitrogens is 2. The van der Waals surface area contributed by atoms with Gasteiger partial charge >= 0.3 is 0 Å². The number of sulfonamides is 1. The molecule has 0 saturated heterocycles. The Balaban J connectivity index is 1.72. The van der Waals surface area contributed by atoms with E-state index >= 15 is 0 Å². The molecule has 3 rings (SSSR count). The maximum atomic E-state index is 12.6. The molecule has 11 heteroatoms. The number of nitrogens with one attached hydrogen (secondary N) is 1. The van der Waals surface area contributed by atoms with Crippen LogP contribution >= 0.6 is 22.9 Å². The van der Waals surface area contributed by atoms with E-state index in [2.05, 4.69) is 14.9 Å². The van der Waals surface area contributed by atoms with Gasteiger partial charge in [0.25, 0.3) is 5.91 Å². The minimum absolute atomic E-state index is 0.108. The van der Waals surface area contributed by atoms with Crippen LogP contribution in [0.1, 0.15) is 16.2 Å². The van der Waals surface area contributed by atoms with Crippen LogP contribution in [0.3, 0.4) is 0 Å². The van der Waals surface area contributed by atoms with Crippen LogP contribution in [0.25, 0.3) is 10.7 Å². The number of halogens is 1. The van der Waals surface area contributed by atoms with Crippen LogP contribution in [0.2, 0.25) is 5.02 Å². The summed E-state index contributed by atoms with van der Waals surface area (Å²) in [6.45, 7) is 0.108. The summed E-state index contributed by atoms with van der Waals surface area (Å²) in [7, 11) is -1.85. The summed E-state index contributed by atoms with van der Waals surface area (Å²) in [5, 5.41) is 5.94. The Bertz CT molecular complexity index is 1060. The summed E-state index contributed by atoms with van der Waals surface area (Å²) in [4.78, 5) is 19.1. The van der Waals surface area contributed by atoms with Gasteiger partial charge in [-0.25, -0.2) is 8.42 Å². The second kappa shape index (κ2) is 7.67. The van der Waals surface area contributed by atoms with Crippen molar-refractivity contribution in [1.29, 1.82) is 0 Å². The Morgan fingerprint density at radius 3 is 2.78 bits per heavy atom. The first-order chi connectivity index (χ1) is 12.7. The van der Waals surface area contributed by atoms with Gasteiger partial charge in [-0.1, -0.05) is 22.8 Å². The molecule has 0 aliphatic heterocycles. The highest BCUT2D eigenvalue weighted by molar-refractivity contribution is 7.92. The van der Waals surface area contributed by atoms with Crippen molar-refractivity contribution in [2.45, 2.75) is 6.54 Å². The second-order valence-electron chi connectivity index (χ2n) is 5.72. The Morgan fingerprint density at radius 1 is 1.37 bits per heavy atom. The van der Waals surface area contributed by atoms with Crippen molar-refractivity contribution in [2.75, 3.05) is 18.0 Å². The summed E-state index contributed by atoms with van der Waals surface area (Å²) in [6.07, 6.45) is 1.03. The van der Waals surface area contributed by atoms with Crippen molar-refractivity contribution in [3.05, 3.63) is 52.2 Å². The van der Waals surface area contributed by atoms with E-state index < -0.39 is 10.0 Å². The number of anilines is 1. The van der Waals surface area contributed by atoms with Gasteiger partial charge in [0.05, 0.1) is 28.3 Å². The number of hydrogen-bond donors (Lipinski definition) is 1. The molecule has 2 heterocycles. The number of nitrogens with zero attached hydrogens (tertiary/aromatic N) is 3. The number of carbonyl (C=O) groups is 1. The van der Waals surface area contributed by atoms with E-state index in [0.717, 1.165) is 11.1 Å². The highest BCUT2D eigenvalue weighted by atomic mass is 35.5. The molecule has 0 aliphatic carbocycles. The second-order valence-corrected chi connectivity index (χ2v) is 8.82. The smallest absolute Gasteiger partial charge is 0.255 e. The monoisotopic (exact) mass is 426 g/mol. The third kappa shape index (κ3) is 4.85. The van der Waals surface area contributed by atoms with Crippen molar-refractivity contribution in [1.82, 2.24) is 15.0 Å². The Hall–Kier alpha value is -2.43. The molecule has 27 heavy (non-hydrogen) atoms. The third-order valence-corrected chi connectivity index (χ3v) is 5.22. The van der Waals surface area contributed by atoms with E-state index in [1.165, 1.54) is 34.4 Å². The van der Waals surface area contributed by atoms with Crippen molar-refractivity contribution in [3.63, 3.8) is 0 Å². The van der Waals surface area contributed by atoms with Gasteiger partial charge in [-0.2, -0.15) is 4.98 Å². The zero-order chi connectivity index (χ0) is 19.6. The molecule has 0 atom stereocenters. The topological polar surface area (TPSA) is 105 Å². The predicted octanol–water partition coefficient (Wildman–Crippen LogP) is 3.10. The fourth-order valence-electron chi connectivity index (χ4n) is 2.27. The average Bonchev–Trinajstić information content (AvgIpc) is 3.23. The van der Waals surface area contributed by atoms with Crippen LogP contribution in [0, 0.1) is 0 Å². The van der Waals surface area contributed by atoms with Gasteiger partial charge in [0.2, 0.25) is 21.7 Å². The zero-order valence-corrected chi connectivity index (χ0v) is 16.7. The number of amides is 1. The summed E-state index contributed by atoms with van der Waals surface area (Å²) in [5.74, 6) is 0.401. The molecule has 1 amide bonds. The average molecular weight is 427 g/mol. The first kappa shape index (κ1) is 19.3. The summed E-state index contributed by atoms with van der Waals surface area (Å²) in [6, 6.07) is 8.07. The van der Waals surface area contributed by atoms with E-state index in [9.17, 15) is 13.2 Å². The number of rotatable bonds is 6.